The normalized spacial score (nSPS) is 10.5. The lowest BCUT2D eigenvalue weighted by Gasteiger charge is -2.05. The van der Waals surface area contributed by atoms with Crippen molar-refractivity contribution in [2.75, 3.05) is 13.7 Å². The van der Waals surface area contributed by atoms with Gasteiger partial charge in [0.05, 0.1) is 7.11 Å². The molecule has 0 unspecified atom stereocenters. The van der Waals surface area contributed by atoms with Crippen molar-refractivity contribution < 1.29 is 13.9 Å². The molecular weight excluding hydrogens is 295 g/mol. The molecule has 120 valence electrons. The van der Waals surface area contributed by atoms with Gasteiger partial charge < -0.3 is 15.4 Å². The number of carbonyl (C=O) groups is 1. The molecule has 2 aromatic rings. The van der Waals surface area contributed by atoms with E-state index in [0.29, 0.717) is 13.0 Å². The molecule has 4 nitrogen and oxygen atoms in total. The summed E-state index contributed by atoms with van der Waals surface area (Å²) in [6.07, 6.45) is 3.93. The summed E-state index contributed by atoms with van der Waals surface area (Å²) in [5.41, 5.74) is 1.80. The van der Waals surface area contributed by atoms with Crippen LogP contribution in [0.15, 0.2) is 54.7 Å². The number of hydrogen-bond donors (Lipinski definition) is 2. The Balaban J connectivity index is 1.71. The first kappa shape index (κ1) is 16.5. The van der Waals surface area contributed by atoms with Crippen LogP contribution in [-0.2, 0) is 6.42 Å². The van der Waals surface area contributed by atoms with Crippen LogP contribution >= 0.6 is 0 Å². The van der Waals surface area contributed by atoms with Gasteiger partial charge >= 0.3 is 6.03 Å². The lowest BCUT2D eigenvalue weighted by atomic mass is 10.1. The molecule has 0 atom stereocenters. The predicted octanol–water partition coefficient (Wildman–Crippen LogP) is 3.35. The van der Waals surface area contributed by atoms with E-state index in [2.05, 4.69) is 10.6 Å². The van der Waals surface area contributed by atoms with Gasteiger partial charge in [0.1, 0.15) is 11.6 Å². The van der Waals surface area contributed by atoms with Crippen LogP contribution in [0.1, 0.15) is 11.1 Å². The highest BCUT2D eigenvalue weighted by atomic mass is 19.1. The number of carbonyl (C=O) groups excluding carboxylic acids is 1. The van der Waals surface area contributed by atoms with Crippen LogP contribution in [0.4, 0.5) is 9.18 Å². The minimum absolute atomic E-state index is 0.269. The first-order valence-corrected chi connectivity index (χ1v) is 7.27. The van der Waals surface area contributed by atoms with Crippen molar-refractivity contribution in [1.82, 2.24) is 10.6 Å². The number of methoxy groups -OCH3 is 1. The van der Waals surface area contributed by atoms with E-state index in [1.165, 1.54) is 12.1 Å². The van der Waals surface area contributed by atoms with Crippen molar-refractivity contribution in [2.45, 2.75) is 6.42 Å². The average Bonchev–Trinajstić information content (AvgIpc) is 2.55. The zero-order chi connectivity index (χ0) is 16.5. The first-order chi connectivity index (χ1) is 11.2. The lowest BCUT2D eigenvalue weighted by molar-refractivity contribution is 0.244. The van der Waals surface area contributed by atoms with E-state index >= 15 is 0 Å². The fourth-order valence-electron chi connectivity index (χ4n) is 1.99. The Hall–Kier alpha value is -2.82. The van der Waals surface area contributed by atoms with Crippen LogP contribution < -0.4 is 15.4 Å². The molecule has 0 aliphatic carbocycles. The maximum Gasteiger partial charge on any atom is 0.318 e. The third-order valence-corrected chi connectivity index (χ3v) is 3.19. The molecule has 5 heteroatoms. The zero-order valence-corrected chi connectivity index (χ0v) is 12.9. The standard InChI is InChI=1S/C18H19FN2O2/c1-23-17-7-5-14(6-8-17)9-11-20-18(22)21-12-10-15-3-2-4-16(19)13-15/h2-9,11,13H,10,12H2,1H3,(H2,20,21,22)/b11-9+. The summed E-state index contributed by atoms with van der Waals surface area (Å²) in [4.78, 5) is 11.6. The van der Waals surface area contributed by atoms with Gasteiger partial charge in [-0.25, -0.2) is 9.18 Å². The van der Waals surface area contributed by atoms with Crippen LogP contribution in [0.5, 0.6) is 5.75 Å². The summed E-state index contributed by atoms with van der Waals surface area (Å²) >= 11 is 0. The lowest BCUT2D eigenvalue weighted by Crippen LogP contribution is -2.33. The SMILES string of the molecule is COc1ccc(/C=C/NC(=O)NCCc2cccc(F)c2)cc1. The molecule has 0 heterocycles. The van der Waals surface area contributed by atoms with Crippen LogP contribution in [0, 0.1) is 5.82 Å². The van der Waals surface area contributed by atoms with Crippen molar-refractivity contribution in [2.24, 2.45) is 0 Å². The highest BCUT2D eigenvalue weighted by Gasteiger charge is 1.99. The number of urea groups is 1. The van der Waals surface area contributed by atoms with Gasteiger partial charge in [-0.3, -0.25) is 0 Å². The second-order valence-electron chi connectivity index (χ2n) is 4.89. The Morgan fingerprint density at radius 1 is 1.22 bits per heavy atom. The Bertz CT molecular complexity index is 669. The quantitative estimate of drug-likeness (QED) is 0.859. The number of rotatable bonds is 6. The second kappa shape index (κ2) is 8.58. The van der Waals surface area contributed by atoms with Gasteiger partial charge in [0.2, 0.25) is 0 Å². The summed E-state index contributed by atoms with van der Waals surface area (Å²) in [6, 6.07) is 13.5. The highest BCUT2D eigenvalue weighted by Crippen LogP contribution is 2.11. The van der Waals surface area contributed by atoms with Crippen LogP contribution in [0.25, 0.3) is 6.08 Å². The van der Waals surface area contributed by atoms with Crippen molar-refractivity contribution in [3.63, 3.8) is 0 Å². The molecule has 0 saturated carbocycles. The number of benzene rings is 2. The van der Waals surface area contributed by atoms with E-state index in [4.69, 9.17) is 4.74 Å². The monoisotopic (exact) mass is 314 g/mol. The highest BCUT2D eigenvalue weighted by molar-refractivity contribution is 5.75. The maximum atomic E-state index is 13.0. The molecule has 0 aliphatic heterocycles. The van der Waals surface area contributed by atoms with Gasteiger partial charge in [0, 0.05) is 12.7 Å². The van der Waals surface area contributed by atoms with Crippen molar-refractivity contribution in [3.05, 3.63) is 71.7 Å². The molecular formula is C18H19FN2O2. The molecule has 2 aromatic carbocycles. The fraction of sp³-hybridized carbons (Fsp3) is 0.167. The summed E-state index contributed by atoms with van der Waals surface area (Å²) in [5.74, 6) is 0.513. The molecule has 0 aromatic heterocycles. The predicted molar refractivity (Wildman–Crippen MR) is 88.7 cm³/mol. The Morgan fingerprint density at radius 3 is 2.70 bits per heavy atom. The Kier molecular flexibility index (Phi) is 6.17. The second-order valence-corrected chi connectivity index (χ2v) is 4.89. The maximum absolute atomic E-state index is 13.0. The fourth-order valence-corrected chi connectivity index (χ4v) is 1.99. The van der Waals surface area contributed by atoms with Crippen molar-refractivity contribution in [1.29, 1.82) is 0 Å². The third-order valence-electron chi connectivity index (χ3n) is 3.19. The van der Waals surface area contributed by atoms with E-state index in [9.17, 15) is 9.18 Å². The van der Waals surface area contributed by atoms with E-state index in [-0.39, 0.29) is 11.8 Å². The first-order valence-electron chi connectivity index (χ1n) is 7.27. The summed E-state index contributed by atoms with van der Waals surface area (Å²) in [5, 5.41) is 5.33. The van der Waals surface area contributed by atoms with Crippen LogP contribution in [-0.4, -0.2) is 19.7 Å². The van der Waals surface area contributed by atoms with Crippen LogP contribution in [0.2, 0.25) is 0 Å². The number of halogens is 1. The number of nitrogens with one attached hydrogen (secondary N) is 2. The summed E-state index contributed by atoms with van der Waals surface area (Å²) in [7, 11) is 1.61. The van der Waals surface area contributed by atoms with E-state index < -0.39 is 0 Å². The van der Waals surface area contributed by atoms with Gasteiger partial charge in [-0.1, -0.05) is 24.3 Å². The number of hydrogen-bond acceptors (Lipinski definition) is 2. The van der Waals surface area contributed by atoms with Gasteiger partial charge in [0.25, 0.3) is 0 Å². The molecule has 2 rings (SSSR count). The molecule has 0 radical (unpaired) electrons. The van der Waals surface area contributed by atoms with E-state index in [1.54, 1.807) is 25.5 Å². The zero-order valence-electron chi connectivity index (χ0n) is 12.9. The molecule has 0 spiro atoms. The van der Waals surface area contributed by atoms with Crippen molar-refractivity contribution in [3.8, 4) is 5.75 Å². The number of ether oxygens (including phenoxy) is 1. The smallest absolute Gasteiger partial charge is 0.318 e. The summed E-state index contributed by atoms with van der Waals surface area (Å²) < 4.78 is 18.1. The topological polar surface area (TPSA) is 50.4 Å². The minimum atomic E-state index is -0.300. The number of amides is 2. The third kappa shape index (κ3) is 5.82. The summed E-state index contributed by atoms with van der Waals surface area (Å²) in [6.45, 7) is 0.436. The molecule has 0 bridgehead atoms. The Morgan fingerprint density at radius 2 is 2.00 bits per heavy atom. The van der Waals surface area contributed by atoms with Crippen LogP contribution in [0.3, 0.4) is 0 Å². The van der Waals surface area contributed by atoms with Gasteiger partial charge in [-0.2, -0.15) is 0 Å². The molecule has 23 heavy (non-hydrogen) atoms. The molecule has 0 aliphatic rings. The van der Waals surface area contributed by atoms with Gasteiger partial charge in [-0.05, 0) is 47.9 Å². The van der Waals surface area contributed by atoms with Crippen molar-refractivity contribution >= 4 is 12.1 Å². The molecule has 0 fully saturated rings. The molecule has 2 N–H and O–H groups in total. The van der Waals surface area contributed by atoms with E-state index in [0.717, 1.165) is 16.9 Å². The van der Waals surface area contributed by atoms with E-state index in [1.807, 2.05) is 30.3 Å². The van der Waals surface area contributed by atoms with Gasteiger partial charge in [-0.15, -0.1) is 0 Å². The molecule has 0 saturated heterocycles. The Labute approximate surface area is 135 Å². The minimum Gasteiger partial charge on any atom is -0.497 e. The average molecular weight is 314 g/mol. The molecule has 2 amide bonds. The van der Waals surface area contributed by atoms with Gasteiger partial charge in [0.15, 0.2) is 0 Å². The largest absolute Gasteiger partial charge is 0.497 e.